The lowest BCUT2D eigenvalue weighted by molar-refractivity contribution is 0.414. The lowest BCUT2D eigenvalue weighted by Gasteiger charge is -2.19. The molecule has 0 amide bonds. The Balaban J connectivity index is 2.34. The molecule has 1 unspecified atom stereocenters. The monoisotopic (exact) mass is 303 g/mol. The summed E-state index contributed by atoms with van der Waals surface area (Å²) < 4.78 is 5.31. The molecule has 21 heavy (non-hydrogen) atoms. The molecule has 112 valence electrons. The highest BCUT2D eigenvalue weighted by Gasteiger charge is 2.14. The molecule has 2 aromatic rings. The molecular formula is C18H22ClNO. The summed E-state index contributed by atoms with van der Waals surface area (Å²) in [6, 6.07) is 14.8. The Labute approximate surface area is 132 Å². The van der Waals surface area contributed by atoms with Gasteiger partial charge in [-0.1, -0.05) is 55.8 Å². The first-order valence-electron chi connectivity index (χ1n) is 7.17. The van der Waals surface area contributed by atoms with E-state index in [9.17, 15) is 0 Å². The molecule has 1 atom stereocenters. The minimum atomic E-state index is 0.123. The average molecular weight is 304 g/mol. The molecule has 0 saturated heterocycles. The topological polar surface area (TPSA) is 21.3 Å². The molecule has 2 nitrogen and oxygen atoms in total. The van der Waals surface area contributed by atoms with Crippen LogP contribution in [0, 0.1) is 0 Å². The molecule has 0 aromatic heterocycles. The predicted molar refractivity (Wildman–Crippen MR) is 89.4 cm³/mol. The van der Waals surface area contributed by atoms with Crippen molar-refractivity contribution in [2.45, 2.75) is 25.8 Å². The zero-order chi connectivity index (χ0) is 15.4. The maximum absolute atomic E-state index is 6.10. The number of rotatable bonds is 5. The average Bonchev–Trinajstić information content (AvgIpc) is 2.50. The Morgan fingerprint density at radius 3 is 2.05 bits per heavy atom. The van der Waals surface area contributed by atoms with Gasteiger partial charge in [-0.15, -0.1) is 0 Å². The van der Waals surface area contributed by atoms with E-state index in [1.165, 1.54) is 11.1 Å². The lowest BCUT2D eigenvalue weighted by Crippen LogP contribution is -2.17. The van der Waals surface area contributed by atoms with Gasteiger partial charge in [-0.2, -0.15) is 0 Å². The zero-order valence-corrected chi connectivity index (χ0v) is 13.7. The van der Waals surface area contributed by atoms with Crippen molar-refractivity contribution >= 4 is 11.6 Å². The summed E-state index contributed by atoms with van der Waals surface area (Å²) in [6.45, 7) is 4.41. The summed E-state index contributed by atoms with van der Waals surface area (Å²) >= 11 is 6.10. The third-order valence-electron chi connectivity index (χ3n) is 3.73. The van der Waals surface area contributed by atoms with Crippen LogP contribution in [0.3, 0.4) is 0 Å². The van der Waals surface area contributed by atoms with E-state index in [2.05, 4.69) is 43.4 Å². The molecule has 1 N–H and O–H groups in total. The van der Waals surface area contributed by atoms with Crippen molar-refractivity contribution in [2.24, 2.45) is 0 Å². The van der Waals surface area contributed by atoms with E-state index in [0.717, 1.165) is 5.56 Å². The molecule has 2 aromatic carbocycles. The lowest BCUT2D eigenvalue weighted by atomic mass is 9.95. The normalized spacial score (nSPS) is 12.5. The van der Waals surface area contributed by atoms with Crippen LogP contribution in [0.1, 0.15) is 42.5 Å². The third kappa shape index (κ3) is 3.58. The second-order valence-electron chi connectivity index (χ2n) is 5.44. The van der Waals surface area contributed by atoms with Crippen LogP contribution in [0.15, 0.2) is 42.5 Å². The van der Waals surface area contributed by atoms with Gasteiger partial charge < -0.3 is 10.1 Å². The van der Waals surface area contributed by atoms with Crippen LogP contribution in [-0.2, 0) is 0 Å². The summed E-state index contributed by atoms with van der Waals surface area (Å²) in [6.07, 6.45) is 0. The minimum Gasteiger partial charge on any atom is -0.495 e. The first kappa shape index (κ1) is 15.9. The molecular weight excluding hydrogens is 282 g/mol. The summed E-state index contributed by atoms with van der Waals surface area (Å²) in [7, 11) is 3.60. The number of halogens is 1. The van der Waals surface area contributed by atoms with E-state index in [-0.39, 0.29) is 6.04 Å². The van der Waals surface area contributed by atoms with Crippen LogP contribution in [0.2, 0.25) is 5.02 Å². The highest BCUT2D eigenvalue weighted by molar-refractivity contribution is 6.32. The quantitative estimate of drug-likeness (QED) is 0.858. The number of methoxy groups -OCH3 is 1. The molecule has 0 fully saturated rings. The van der Waals surface area contributed by atoms with Crippen LogP contribution in [0.4, 0.5) is 0 Å². The maximum atomic E-state index is 6.10. The Morgan fingerprint density at radius 2 is 1.52 bits per heavy atom. The van der Waals surface area contributed by atoms with Gasteiger partial charge in [-0.25, -0.2) is 0 Å². The Hall–Kier alpha value is -1.51. The highest BCUT2D eigenvalue weighted by atomic mass is 35.5. The van der Waals surface area contributed by atoms with Gasteiger partial charge in [-0.05, 0) is 41.8 Å². The van der Waals surface area contributed by atoms with Crippen molar-refractivity contribution in [2.75, 3.05) is 14.2 Å². The van der Waals surface area contributed by atoms with Crippen molar-refractivity contribution in [3.8, 4) is 5.75 Å². The molecule has 3 heteroatoms. The van der Waals surface area contributed by atoms with Gasteiger partial charge in [0, 0.05) is 0 Å². The van der Waals surface area contributed by atoms with Crippen LogP contribution < -0.4 is 10.1 Å². The molecule has 0 radical (unpaired) electrons. The van der Waals surface area contributed by atoms with Gasteiger partial charge in [0.2, 0.25) is 0 Å². The number of benzene rings is 2. The SMILES string of the molecule is CNC(c1ccc(C(C)C)cc1)c1ccc(Cl)c(OC)c1. The van der Waals surface area contributed by atoms with Crippen LogP contribution in [0.25, 0.3) is 0 Å². The van der Waals surface area contributed by atoms with Crippen LogP contribution in [-0.4, -0.2) is 14.2 Å². The molecule has 0 aliphatic heterocycles. The van der Waals surface area contributed by atoms with Gasteiger partial charge in [0.25, 0.3) is 0 Å². The molecule has 0 aliphatic carbocycles. The Bertz CT molecular complexity index is 593. The summed E-state index contributed by atoms with van der Waals surface area (Å²) in [4.78, 5) is 0. The van der Waals surface area contributed by atoms with Gasteiger partial charge in [0.1, 0.15) is 5.75 Å². The van der Waals surface area contributed by atoms with Crippen molar-refractivity contribution < 1.29 is 4.74 Å². The summed E-state index contributed by atoms with van der Waals surface area (Å²) in [5, 5.41) is 3.99. The molecule has 0 aliphatic rings. The fourth-order valence-corrected chi connectivity index (χ4v) is 2.65. The number of hydrogen-bond donors (Lipinski definition) is 1. The maximum Gasteiger partial charge on any atom is 0.137 e. The molecule has 0 bridgehead atoms. The molecule has 0 spiro atoms. The van der Waals surface area contributed by atoms with E-state index in [0.29, 0.717) is 16.7 Å². The van der Waals surface area contributed by atoms with Gasteiger partial charge in [0.15, 0.2) is 0 Å². The van der Waals surface area contributed by atoms with E-state index < -0.39 is 0 Å². The first-order chi connectivity index (χ1) is 10.1. The third-order valence-corrected chi connectivity index (χ3v) is 4.05. The minimum absolute atomic E-state index is 0.123. The smallest absolute Gasteiger partial charge is 0.137 e. The highest BCUT2D eigenvalue weighted by Crippen LogP contribution is 2.30. The molecule has 0 heterocycles. The zero-order valence-electron chi connectivity index (χ0n) is 13.0. The fourth-order valence-electron chi connectivity index (χ4n) is 2.46. The standard InChI is InChI=1S/C18H22ClNO/c1-12(2)13-5-7-14(8-6-13)18(20-3)15-9-10-16(19)17(11-15)21-4/h5-12,18,20H,1-4H3. The van der Waals surface area contributed by atoms with Crippen LogP contribution in [0.5, 0.6) is 5.75 Å². The molecule has 0 saturated carbocycles. The van der Waals surface area contributed by atoms with E-state index in [1.54, 1.807) is 7.11 Å². The van der Waals surface area contributed by atoms with Gasteiger partial charge in [-0.3, -0.25) is 0 Å². The van der Waals surface area contributed by atoms with Crippen molar-refractivity contribution in [1.82, 2.24) is 5.32 Å². The van der Waals surface area contributed by atoms with Crippen molar-refractivity contribution in [3.63, 3.8) is 0 Å². The van der Waals surface area contributed by atoms with Gasteiger partial charge in [0.05, 0.1) is 18.2 Å². The van der Waals surface area contributed by atoms with Crippen molar-refractivity contribution in [3.05, 3.63) is 64.2 Å². The van der Waals surface area contributed by atoms with Crippen molar-refractivity contribution in [1.29, 1.82) is 0 Å². The first-order valence-corrected chi connectivity index (χ1v) is 7.55. The second kappa shape index (κ2) is 6.97. The largest absolute Gasteiger partial charge is 0.495 e. The van der Waals surface area contributed by atoms with Gasteiger partial charge >= 0.3 is 0 Å². The predicted octanol–water partition coefficient (Wildman–Crippen LogP) is 4.78. The summed E-state index contributed by atoms with van der Waals surface area (Å²) in [5.41, 5.74) is 3.71. The number of hydrogen-bond acceptors (Lipinski definition) is 2. The second-order valence-corrected chi connectivity index (χ2v) is 5.84. The van der Waals surface area contributed by atoms with E-state index in [1.807, 2.05) is 25.2 Å². The molecule has 2 rings (SSSR count). The Kier molecular flexibility index (Phi) is 5.27. The summed E-state index contributed by atoms with van der Waals surface area (Å²) in [5.74, 6) is 1.25. The number of ether oxygens (including phenoxy) is 1. The van der Waals surface area contributed by atoms with E-state index >= 15 is 0 Å². The fraction of sp³-hybridized carbons (Fsp3) is 0.333. The Morgan fingerprint density at radius 1 is 0.952 bits per heavy atom. The van der Waals surface area contributed by atoms with E-state index in [4.69, 9.17) is 16.3 Å². The van der Waals surface area contributed by atoms with Crippen LogP contribution >= 0.6 is 11.6 Å². The number of nitrogens with one attached hydrogen (secondary N) is 1.